The molecular formula is C13H19N3O2S. The minimum atomic E-state index is -0.831. The topological polar surface area (TPSA) is 62.3 Å². The van der Waals surface area contributed by atoms with E-state index in [0.29, 0.717) is 13.0 Å². The second kappa shape index (κ2) is 4.92. The Hall–Kier alpha value is -1.43. The van der Waals surface area contributed by atoms with Gasteiger partial charge >= 0.3 is 0 Å². The lowest BCUT2D eigenvalue weighted by Crippen LogP contribution is -2.67. The summed E-state index contributed by atoms with van der Waals surface area (Å²) in [6, 6.07) is -0.386. The molecular weight excluding hydrogens is 262 g/mol. The number of aromatic nitrogens is 1. The first kappa shape index (κ1) is 14.0. The second-order valence-corrected chi connectivity index (χ2v) is 6.64. The summed E-state index contributed by atoms with van der Waals surface area (Å²) < 4.78 is 0. The zero-order valence-electron chi connectivity index (χ0n) is 11.7. The second-order valence-electron chi connectivity index (χ2n) is 5.32. The van der Waals surface area contributed by atoms with Crippen molar-refractivity contribution in [3.05, 3.63) is 16.1 Å². The number of amides is 2. The van der Waals surface area contributed by atoms with Crippen LogP contribution in [0.15, 0.2) is 6.20 Å². The Bertz CT molecular complexity index is 510. The number of rotatable bonds is 3. The van der Waals surface area contributed by atoms with Crippen LogP contribution in [-0.4, -0.2) is 33.3 Å². The fraction of sp³-hybridized carbons (Fsp3) is 0.615. The number of aryl methyl sites for hydroxylation is 1. The summed E-state index contributed by atoms with van der Waals surface area (Å²) in [5.74, 6) is -0.113. The van der Waals surface area contributed by atoms with Gasteiger partial charge in [0, 0.05) is 11.1 Å². The molecule has 0 radical (unpaired) electrons. The van der Waals surface area contributed by atoms with E-state index in [1.807, 2.05) is 13.8 Å². The summed E-state index contributed by atoms with van der Waals surface area (Å²) in [6.45, 7) is 7.79. The van der Waals surface area contributed by atoms with Gasteiger partial charge in [-0.3, -0.25) is 9.59 Å². The molecule has 1 fully saturated rings. The van der Waals surface area contributed by atoms with Gasteiger partial charge in [0.2, 0.25) is 11.8 Å². The number of nitrogens with zero attached hydrogens (tertiary/aromatic N) is 2. The lowest BCUT2D eigenvalue weighted by Gasteiger charge is -2.42. The maximum atomic E-state index is 12.5. The summed E-state index contributed by atoms with van der Waals surface area (Å²) in [7, 11) is 0. The molecule has 1 aliphatic heterocycles. The van der Waals surface area contributed by atoms with Gasteiger partial charge < -0.3 is 10.2 Å². The van der Waals surface area contributed by atoms with Gasteiger partial charge in [0.25, 0.3) is 0 Å². The fourth-order valence-corrected chi connectivity index (χ4v) is 3.11. The van der Waals surface area contributed by atoms with Crippen LogP contribution in [0.3, 0.4) is 0 Å². The van der Waals surface area contributed by atoms with E-state index in [4.69, 9.17) is 0 Å². The standard InChI is InChI=1S/C13H19N3O2S/c1-5-10-11(17)15-13(3,4)12(18)16(10)7-9-6-14-8(2)19-9/h6,10H,5,7H2,1-4H3,(H,15,17). The van der Waals surface area contributed by atoms with Crippen molar-refractivity contribution in [1.29, 1.82) is 0 Å². The zero-order valence-corrected chi connectivity index (χ0v) is 12.5. The first-order valence-electron chi connectivity index (χ1n) is 6.39. The van der Waals surface area contributed by atoms with Gasteiger partial charge in [0.05, 0.1) is 11.6 Å². The SMILES string of the molecule is CCC1C(=O)NC(C)(C)C(=O)N1Cc1cnc(C)s1. The van der Waals surface area contributed by atoms with Crippen molar-refractivity contribution in [2.45, 2.75) is 52.2 Å². The van der Waals surface area contributed by atoms with E-state index in [0.717, 1.165) is 9.88 Å². The van der Waals surface area contributed by atoms with E-state index in [-0.39, 0.29) is 17.9 Å². The first-order valence-corrected chi connectivity index (χ1v) is 7.21. The molecule has 2 rings (SSSR count). The number of hydrogen-bond donors (Lipinski definition) is 1. The highest BCUT2D eigenvalue weighted by Crippen LogP contribution is 2.24. The average molecular weight is 281 g/mol. The van der Waals surface area contributed by atoms with Gasteiger partial charge in [0.15, 0.2) is 0 Å². The van der Waals surface area contributed by atoms with Crippen LogP contribution in [0.5, 0.6) is 0 Å². The number of hydrogen-bond acceptors (Lipinski definition) is 4. The van der Waals surface area contributed by atoms with Crippen LogP contribution >= 0.6 is 11.3 Å². The predicted molar refractivity (Wildman–Crippen MR) is 73.7 cm³/mol. The monoisotopic (exact) mass is 281 g/mol. The van der Waals surface area contributed by atoms with E-state index in [9.17, 15) is 9.59 Å². The normalized spacial score (nSPS) is 22.5. The molecule has 1 aromatic rings. The molecule has 0 bridgehead atoms. The summed E-state index contributed by atoms with van der Waals surface area (Å²) in [4.78, 5) is 31.4. The predicted octanol–water partition coefficient (Wildman–Crippen LogP) is 1.47. The number of nitrogens with one attached hydrogen (secondary N) is 1. The van der Waals surface area contributed by atoms with Crippen LogP contribution in [-0.2, 0) is 16.1 Å². The first-order chi connectivity index (χ1) is 8.85. The highest BCUT2D eigenvalue weighted by molar-refractivity contribution is 7.11. The molecule has 104 valence electrons. The van der Waals surface area contributed by atoms with Gasteiger partial charge in [-0.2, -0.15) is 0 Å². The fourth-order valence-electron chi connectivity index (χ4n) is 2.32. The van der Waals surface area contributed by atoms with E-state index >= 15 is 0 Å². The van der Waals surface area contributed by atoms with E-state index < -0.39 is 5.54 Å². The van der Waals surface area contributed by atoms with Crippen molar-refractivity contribution in [3.8, 4) is 0 Å². The zero-order chi connectivity index (χ0) is 14.2. The third-order valence-electron chi connectivity index (χ3n) is 3.29. The van der Waals surface area contributed by atoms with Crippen LogP contribution in [0.1, 0.15) is 37.1 Å². The van der Waals surface area contributed by atoms with Crippen molar-refractivity contribution < 1.29 is 9.59 Å². The Morgan fingerprint density at radius 1 is 1.47 bits per heavy atom. The molecule has 0 saturated carbocycles. The van der Waals surface area contributed by atoms with Crippen LogP contribution in [0.2, 0.25) is 0 Å². The minimum absolute atomic E-state index is 0.0370. The molecule has 1 aromatic heterocycles. The molecule has 1 N–H and O–H groups in total. The van der Waals surface area contributed by atoms with Gasteiger partial charge in [-0.1, -0.05) is 6.92 Å². The van der Waals surface area contributed by atoms with Gasteiger partial charge in [-0.15, -0.1) is 11.3 Å². The summed E-state index contributed by atoms with van der Waals surface area (Å²) in [5, 5.41) is 3.75. The molecule has 0 spiro atoms. The molecule has 1 atom stereocenters. The summed E-state index contributed by atoms with van der Waals surface area (Å²) >= 11 is 1.56. The van der Waals surface area contributed by atoms with Gasteiger partial charge in [-0.25, -0.2) is 4.98 Å². The maximum absolute atomic E-state index is 12.5. The number of carbonyl (C=O) groups excluding carboxylic acids is 2. The molecule has 2 amide bonds. The minimum Gasteiger partial charge on any atom is -0.340 e. The Labute approximate surface area is 117 Å². The molecule has 6 heteroatoms. The lowest BCUT2D eigenvalue weighted by atomic mass is 9.96. The molecule has 1 saturated heterocycles. The molecule has 1 aliphatic rings. The van der Waals surface area contributed by atoms with Crippen molar-refractivity contribution in [1.82, 2.24) is 15.2 Å². The van der Waals surface area contributed by atoms with E-state index in [2.05, 4.69) is 10.3 Å². The Morgan fingerprint density at radius 2 is 2.16 bits per heavy atom. The Morgan fingerprint density at radius 3 is 2.68 bits per heavy atom. The van der Waals surface area contributed by atoms with E-state index in [1.54, 1.807) is 36.3 Å². The number of thiazole rings is 1. The van der Waals surface area contributed by atoms with Crippen molar-refractivity contribution in [3.63, 3.8) is 0 Å². The number of piperazine rings is 1. The van der Waals surface area contributed by atoms with Crippen LogP contribution < -0.4 is 5.32 Å². The van der Waals surface area contributed by atoms with Crippen LogP contribution in [0.25, 0.3) is 0 Å². The van der Waals surface area contributed by atoms with Crippen molar-refractivity contribution in [2.75, 3.05) is 0 Å². The summed E-state index contributed by atoms with van der Waals surface area (Å²) in [5.41, 5.74) is -0.831. The highest BCUT2D eigenvalue weighted by Gasteiger charge is 2.44. The van der Waals surface area contributed by atoms with Gasteiger partial charge in [0.1, 0.15) is 11.6 Å². The summed E-state index contributed by atoms with van der Waals surface area (Å²) in [6.07, 6.45) is 2.39. The highest BCUT2D eigenvalue weighted by atomic mass is 32.1. The number of carbonyl (C=O) groups is 2. The van der Waals surface area contributed by atoms with Crippen LogP contribution in [0.4, 0.5) is 0 Å². The lowest BCUT2D eigenvalue weighted by molar-refractivity contribution is -0.154. The molecule has 19 heavy (non-hydrogen) atoms. The molecule has 0 aliphatic carbocycles. The van der Waals surface area contributed by atoms with Gasteiger partial charge in [-0.05, 0) is 27.2 Å². The third-order valence-corrected chi connectivity index (χ3v) is 4.19. The maximum Gasteiger partial charge on any atom is 0.248 e. The van der Waals surface area contributed by atoms with E-state index in [1.165, 1.54) is 0 Å². The quantitative estimate of drug-likeness (QED) is 0.912. The van der Waals surface area contributed by atoms with Crippen molar-refractivity contribution >= 4 is 23.2 Å². The Kier molecular flexibility index (Phi) is 3.62. The molecule has 2 heterocycles. The largest absolute Gasteiger partial charge is 0.340 e. The molecule has 1 unspecified atom stereocenters. The molecule has 5 nitrogen and oxygen atoms in total. The van der Waals surface area contributed by atoms with Crippen molar-refractivity contribution in [2.24, 2.45) is 0 Å². The smallest absolute Gasteiger partial charge is 0.248 e. The average Bonchev–Trinajstić information content (AvgIpc) is 2.71. The Balaban J connectivity index is 2.27. The van der Waals surface area contributed by atoms with Crippen LogP contribution in [0, 0.1) is 6.92 Å². The molecule has 0 aromatic carbocycles. The third kappa shape index (κ3) is 2.63.